The summed E-state index contributed by atoms with van der Waals surface area (Å²) in [7, 11) is 1.93. The Balaban J connectivity index is 2.14. The highest BCUT2D eigenvalue weighted by Crippen LogP contribution is 2.17. The fourth-order valence-corrected chi connectivity index (χ4v) is 2.03. The number of hydrogen-bond donors (Lipinski definition) is 0. The molecule has 1 aromatic carbocycles. The summed E-state index contributed by atoms with van der Waals surface area (Å²) in [6.07, 6.45) is 3.55. The Kier molecular flexibility index (Phi) is 3.74. The molecule has 0 saturated heterocycles. The van der Waals surface area contributed by atoms with E-state index in [4.69, 9.17) is 0 Å². The number of hydrogen-bond acceptors (Lipinski definition) is 2. The van der Waals surface area contributed by atoms with Crippen LogP contribution < -0.4 is 4.90 Å². The molecule has 2 aromatic rings. The molecule has 4 heteroatoms. The third-order valence-corrected chi connectivity index (χ3v) is 2.86. The summed E-state index contributed by atoms with van der Waals surface area (Å²) in [4.78, 5) is 6.08. The van der Waals surface area contributed by atoms with Gasteiger partial charge in [0.2, 0.25) is 0 Å². The molecule has 1 aromatic heterocycles. The van der Waals surface area contributed by atoms with E-state index in [1.165, 1.54) is 12.1 Å². The van der Waals surface area contributed by atoms with Crippen molar-refractivity contribution in [1.82, 2.24) is 4.98 Å². The first-order valence-corrected chi connectivity index (χ1v) is 6.00. The van der Waals surface area contributed by atoms with E-state index in [1.54, 1.807) is 18.5 Å². The number of aromatic nitrogens is 1. The van der Waals surface area contributed by atoms with Gasteiger partial charge >= 0.3 is 0 Å². The zero-order valence-electron chi connectivity index (χ0n) is 9.40. The van der Waals surface area contributed by atoms with Crippen LogP contribution in [0, 0.1) is 5.82 Å². The minimum absolute atomic E-state index is 0.221. The fourth-order valence-electron chi connectivity index (χ4n) is 1.62. The van der Waals surface area contributed by atoms with Crippen LogP contribution in [-0.2, 0) is 6.54 Å². The lowest BCUT2D eigenvalue weighted by Crippen LogP contribution is -2.16. The van der Waals surface area contributed by atoms with Crippen molar-refractivity contribution in [2.75, 3.05) is 11.9 Å². The van der Waals surface area contributed by atoms with Gasteiger partial charge in [0.15, 0.2) is 0 Å². The number of pyridine rings is 1. The van der Waals surface area contributed by atoms with Gasteiger partial charge in [-0.15, -0.1) is 0 Å². The van der Waals surface area contributed by atoms with Crippen LogP contribution in [0.4, 0.5) is 10.1 Å². The Morgan fingerprint density at radius 3 is 2.82 bits per heavy atom. The van der Waals surface area contributed by atoms with Crippen LogP contribution in [0.15, 0.2) is 47.2 Å². The van der Waals surface area contributed by atoms with Gasteiger partial charge in [0.05, 0.1) is 0 Å². The first-order valence-electron chi connectivity index (χ1n) is 5.21. The average molecular weight is 295 g/mol. The van der Waals surface area contributed by atoms with Gasteiger partial charge in [0.1, 0.15) is 5.82 Å². The van der Waals surface area contributed by atoms with Crippen molar-refractivity contribution in [2.24, 2.45) is 0 Å². The van der Waals surface area contributed by atoms with Gasteiger partial charge in [-0.05, 0) is 45.8 Å². The van der Waals surface area contributed by atoms with Crippen molar-refractivity contribution in [3.8, 4) is 0 Å². The molecule has 0 saturated carbocycles. The van der Waals surface area contributed by atoms with E-state index in [9.17, 15) is 4.39 Å². The summed E-state index contributed by atoms with van der Waals surface area (Å²) in [5.74, 6) is -0.221. The van der Waals surface area contributed by atoms with Crippen LogP contribution in [-0.4, -0.2) is 12.0 Å². The van der Waals surface area contributed by atoms with Crippen molar-refractivity contribution in [2.45, 2.75) is 6.54 Å². The molecule has 88 valence electrons. The molecule has 0 N–H and O–H groups in total. The third kappa shape index (κ3) is 3.27. The smallest absolute Gasteiger partial charge is 0.125 e. The Bertz CT molecular complexity index is 516. The lowest BCUT2D eigenvalue weighted by atomic mass is 10.2. The standard InChI is InChI=1S/C13H12BrFN2/c1-17(13-4-2-3-12(15)6-13)9-10-5-11(14)8-16-7-10/h2-8H,9H2,1H3. The van der Waals surface area contributed by atoms with Gasteiger partial charge in [-0.25, -0.2) is 4.39 Å². The first-order chi connectivity index (χ1) is 8.15. The minimum Gasteiger partial charge on any atom is -0.370 e. The molecule has 0 radical (unpaired) electrons. The molecule has 17 heavy (non-hydrogen) atoms. The summed E-state index contributed by atoms with van der Waals surface area (Å²) < 4.78 is 14.0. The van der Waals surface area contributed by atoms with Crippen molar-refractivity contribution in [3.05, 3.63) is 58.6 Å². The van der Waals surface area contributed by atoms with Gasteiger partial charge in [-0.2, -0.15) is 0 Å². The lowest BCUT2D eigenvalue weighted by molar-refractivity contribution is 0.627. The maximum atomic E-state index is 13.1. The molecule has 0 atom stereocenters. The molecule has 2 rings (SSSR count). The normalized spacial score (nSPS) is 10.3. The molecule has 2 nitrogen and oxygen atoms in total. The lowest BCUT2D eigenvalue weighted by Gasteiger charge is -2.19. The number of rotatable bonds is 3. The summed E-state index contributed by atoms with van der Waals surface area (Å²) >= 11 is 3.38. The largest absolute Gasteiger partial charge is 0.370 e. The van der Waals surface area contributed by atoms with Gasteiger partial charge in [-0.3, -0.25) is 4.98 Å². The first kappa shape index (κ1) is 12.0. The van der Waals surface area contributed by atoms with Crippen LogP contribution in [0.25, 0.3) is 0 Å². The molecule has 0 aliphatic rings. The predicted molar refractivity (Wildman–Crippen MR) is 70.4 cm³/mol. The summed E-state index contributed by atoms with van der Waals surface area (Å²) in [6.45, 7) is 0.690. The zero-order valence-corrected chi connectivity index (χ0v) is 11.0. The zero-order chi connectivity index (χ0) is 12.3. The van der Waals surface area contributed by atoms with Gasteiger partial charge < -0.3 is 4.90 Å². The number of nitrogens with zero attached hydrogens (tertiary/aromatic N) is 2. The Morgan fingerprint density at radius 1 is 1.29 bits per heavy atom. The summed E-state index contributed by atoms with van der Waals surface area (Å²) in [6, 6.07) is 8.56. The van der Waals surface area contributed by atoms with Crippen molar-refractivity contribution >= 4 is 21.6 Å². The minimum atomic E-state index is -0.221. The van der Waals surface area contributed by atoms with Crippen LogP contribution in [0.5, 0.6) is 0 Å². The number of anilines is 1. The molecular formula is C13H12BrFN2. The van der Waals surface area contributed by atoms with Crippen LogP contribution in [0.2, 0.25) is 0 Å². The number of benzene rings is 1. The highest BCUT2D eigenvalue weighted by atomic mass is 79.9. The monoisotopic (exact) mass is 294 g/mol. The third-order valence-electron chi connectivity index (χ3n) is 2.43. The summed E-state index contributed by atoms with van der Waals surface area (Å²) in [5.41, 5.74) is 1.93. The van der Waals surface area contributed by atoms with Crippen molar-refractivity contribution < 1.29 is 4.39 Å². The Morgan fingerprint density at radius 2 is 2.12 bits per heavy atom. The second-order valence-electron chi connectivity index (χ2n) is 3.85. The van der Waals surface area contributed by atoms with Crippen molar-refractivity contribution in [1.29, 1.82) is 0 Å². The molecule has 0 unspecified atom stereocenters. The molecule has 1 heterocycles. The van der Waals surface area contributed by atoms with E-state index in [0.29, 0.717) is 6.54 Å². The highest BCUT2D eigenvalue weighted by Gasteiger charge is 2.03. The number of halogens is 2. The Hall–Kier alpha value is -1.42. The summed E-state index contributed by atoms with van der Waals surface area (Å²) in [5, 5.41) is 0. The van der Waals surface area contributed by atoms with Crippen LogP contribution in [0.1, 0.15) is 5.56 Å². The van der Waals surface area contributed by atoms with Gasteiger partial charge in [0.25, 0.3) is 0 Å². The molecule has 0 fully saturated rings. The van der Waals surface area contributed by atoms with E-state index in [2.05, 4.69) is 20.9 Å². The second kappa shape index (κ2) is 5.27. The van der Waals surface area contributed by atoms with Crippen LogP contribution in [0.3, 0.4) is 0 Å². The average Bonchev–Trinajstić information content (AvgIpc) is 2.29. The van der Waals surface area contributed by atoms with Crippen molar-refractivity contribution in [3.63, 3.8) is 0 Å². The van der Waals surface area contributed by atoms with E-state index in [0.717, 1.165) is 15.7 Å². The molecular weight excluding hydrogens is 283 g/mol. The van der Waals surface area contributed by atoms with E-state index in [-0.39, 0.29) is 5.82 Å². The van der Waals surface area contributed by atoms with E-state index in [1.807, 2.05) is 24.1 Å². The second-order valence-corrected chi connectivity index (χ2v) is 4.76. The molecule has 0 spiro atoms. The fraction of sp³-hybridized carbons (Fsp3) is 0.154. The maximum absolute atomic E-state index is 13.1. The Labute approximate surface area is 108 Å². The highest BCUT2D eigenvalue weighted by molar-refractivity contribution is 9.10. The maximum Gasteiger partial charge on any atom is 0.125 e. The molecule has 0 aliphatic heterocycles. The predicted octanol–water partition coefficient (Wildman–Crippen LogP) is 3.62. The quantitative estimate of drug-likeness (QED) is 0.859. The van der Waals surface area contributed by atoms with Gasteiger partial charge in [0, 0.05) is 36.1 Å². The topological polar surface area (TPSA) is 16.1 Å². The molecule has 0 bridgehead atoms. The SMILES string of the molecule is CN(Cc1cncc(Br)c1)c1cccc(F)c1. The molecule has 0 aliphatic carbocycles. The van der Waals surface area contributed by atoms with Gasteiger partial charge in [-0.1, -0.05) is 6.07 Å². The van der Waals surface area contributed by atoms with E-state index >= 15 is 0 Å². The van der Waals surface area contributed by atoms with E-state index < -0.39 is 0 Å². The molecule has 0 amide bonds. The van der Waals surface area contributed by atoms with Crippen LogP contribution >= 0.6 is 15.9 Å².